The zero-order valence-corrected chi connectivity index (χ0v) is 22.8. The molecule has 33 heavy (non-hydrogen) atoms. The van der Waals surface area contributed by atoms with Crippen LogP contribution in [0.1, 0.15) is 161 Å². The van der Waals surface area contributed by atoms with Gasteiger partial charge in [0, 0.05) is 13.7 Å². The summed E-state index contributed by atoms with van der Waals surface area (Å²) in [5.41, 5.74) is 3.47. The Kier molecular flexibility index (Phi) is 13.2. The van der Waals surface area contributed by atoms with Gasteiger partial charge in [0.2, 0.25) is 0 Å². The fourth-order valence-corrected chi connectivity index (χ4v) is 15.7. The van der Waals surface area contributed by atoms with Crippen molar-refractivity contribution in [1.82, 2.24) is 0 Å². The van der Waals surface area contributed by atoms with E-state index in [4.69, 9.17) is 5.11 Å². The van der Waals surface area contributed by atoms with Gasteiger partial charge in [0.15, 0.2) is 0 Å². The summed E-state index contributed by atoms with van der Waals surface area (Å²) in [6.45, 7) is 0. The van der Waals surface area contributed by atoms with Crippen molar-refractivity contribution in [3.05, 3.63) is 0 Å². The first-order valence-electron chi connectivity index (χ1n) is 15.3. The van der Waals surface area contributed by atoms with Crippen LogP contribution >= 0.6 is 7.26 Å². The van der Waals surface area contributed by atoms with Crippen LogP contribution in [0.3, 0.4) is 0 Å². The van der Waals surface area contributed by atoms with Gasteiger partial charge in [0.25, 0.3) is 0 Å². The van der Waals surface area contributed by atoms with E-state index in [1.165, 1.54) is 64.2 Å². The Hall–Kier alpha value is -0.100. The first-order chi connectivity index (χ1) is 16.2. The second-order valence-corrected chi connectivity index (χ2v) is 16.5. The number of carboxylic acid groups (broad SMARTS) is 1. The normalized spacial score (nSPS) is 21.9. The van der Waals surface area contributed by atoms with E-state index in [0.29, 0.717) is 6.42 Å². The maximum absolute atomic E-state index is 10.6. The van der Waals surface area contributed by atoms with Crippen LogP contribution in [0.15, 0.2) is 0 Å². The molecule has 3 rings (SSSR count). The lowest BCUT2D eigenvalue weighted by Gasteiger charge is -2.49. The zero-order chi connectivity index (χ0) is 23.2. The summed E-state index contributed by atoms with van der Waals surface area (Å²) in [4.78, 5) is 10.6. The average molecular weight is 480 g/mol. The minimum atomic E-state index is -0.853. The summed E-state index contributed by atoms with van der Waals surface area (Å²) in [6, 6.07) is 0. The summed E-state index contributed by atoms with van der Waals surface area (Å²) >= 11 is 0. The quantitative estimate of drug-likeness (QED) is 0.187. The van der Waals surface area contributed by atoms with E-state index in [9.17, 15) is 4.79 Å². The minimum absolute atomic E-state index is 0.355. The Balaban J connectivity index is 1.48. The molecule has 0 aliphatic heterocycles. The van der Waals surface area contributed by atoms with Crippen molar-refractivity contribution in [2.75, 3.05) is 6.16 Å². The molecule has 0 aromatic carbocycles. The maximum atomic E-state index is 10.6. The van der Waals surface area contributed by atoms with Gasteiger partial charge >= 0.3 is 5.97 Å². The molecule has 3 saturated carbocycles. The van der Waals surface area contributed by atoms with Crippen molar-refractivity contribution in [3.8, 4) is 0 Å². The molecule has 1 N–H and O–H groups in total. The Morgan fingerprint density at radius 1 is 0.515 bits per heavy atom. The van der Waals surface area contributed by atoms with E-state index < -0.39 is 13.2 Å². The molecule has 0 unspecified atom stereocenters. The van der Waals surface area contributed by atoms with Crippen molar-refractivity contribution in [2.45, 2.75) is 177 Å². The molecule has 0 atom stereocenters. The lowest BCUT2D eigenvalue weighted by Crippen LogP contribution is -2.37. The van der Waals surface area contributed by atoms with Crippen molar-refractivity contribution in [1.29, 1.82) is 0 Å². The highest BCUT2D eigenvalue weighted by atomic mass is 31.2. The Labute approximate surface area is 206 Å². The van der Waals surface area contributed by atoms with Gasteiger partial charge in [0.05, 0.1) is 23.1 Å². The fraction of sp³-hybridized carbons (Fsp3) is 0.967. The van der Waals surface area contributed by atoms with Crippen LogP contribution in [0.25, 0.3) is 0 Å². The zero-order valence-electron chi connectivity index (χ0n) is 21.9. The molecule has 2 nitrogen and oxygen atoms in total. The predicted octanol–water partition coefficient (Wildman–Crippen LogP) is 9.99. The molecule has 192 valence electrons. The number of hydrogen-bond acceptors (Lipinski definition) is 1. The minimum Gasteiger partial charge on any atom is -0.481 e. The lowest BCUT2D eigenvalue weighted by atomic mass is 9.99. The first-order valence-corrected chi connectivity index (χ1v) is 17.5. The largest absolute Gasteiger partial charge is 0.481 e. The van der Waals surface area contributed by atoms with Gasteiger partial charge in [-0.3, -0.25) is 4.79 Å². The van der Waals surface area contributed by atoms with Crippen LogP contribution in [-0.2, 0) is 4.79 Å². The van der Waals surface area contributed by atoms with Gasteiger partial charge < -0.3 is 5.11 Å². The molecule has 0 saturated heterocycles. The Morgan fingerprint density at radius 2 is 0.848 bits per heavy atom. The standard InChI is InChI=1S/C30H55O2P/c31-30(32)25-17-6-4-2-1-3-5-7-18-26-33(27-19-11-8-12-20-27,28-21-13-9-14-22-28)29-23-15-10-16-24-29/h27-29H,1-26H2/p+1. The molecule has 0 aromatic rings. The smallest absolute Gasteiger partial charge is 0.303 e. The molecule has 0 heterocycles. The molecule has 0 radical (unpaired) electrons. The highest BCUT2D eigenvalue weighted by Crippen LogP contribution is 2.77. The highest BCUT2D eigenvalue weighted by molar-refractivity contribution is 7.77. The summed E-state index contributed by atoms with van der Waals surface area (Å²) in [7, 11) is -0.853. The van der Waals surface area contributed by atoms with Gasteiger partial charge in [0.1, 0.15) is 0 Å². The monoisotopic (exact) mass is 479 g/mol. The lowest BCUT2D eigenvalue weighted by molar-refractivity contribution is -0.137. The topological polar surface area (TPSA) is 37.3 Å². The van der Waals surface area contributed by atoms with E-state index in [-0.39, 0.29) is 0 Å². The van der Waals surface area contributed by atoms with Crippen LogP contribution in [0.4, 0.5) is 0 Å². The van der Waals surface area contributed by atoms with Crippen LogP contribution in [-0.4, -0.2) is 34.2 Å². The predicted molar refractivity (Wildman–Crippen MR) is 146 cm³/mol. The van der Waals surface area contributed by atoms with E-state index in [1.807, 2.05) is 0 Å². The average Bonchev–Trinajstić information content (AvgIpc) is 2.86. The van der Waals surface area contributed by atoms with Crippen LogP contribution in [0.2, 0.25) is 0 Å². The molecular formula is C30H56O2P+. The number of aliphatic carboxylic acids is 1. The highest BCUT2D eigenvalue weighted by Gasteiger charge is 2.56. The maximum Gasteiger partial charge on any atom is 0.303 e. The molecule has 0 spiro atoms. The third-order valence-electron chi connectivity index (χ3n) is 9.70. The summed E-state index contributed by atoms with van der Waals surface area (Å²) < 4.78 is 0. The third kappa shape index (κ3) is 8.81. The first kappa shape index (κ1) is 27.5. The van der Waals surface area contributed by atoms with Crippen LogP contribution in [0, 0.1) is 0 Å². The Morgan fingerprint density at radius 3 is 1.21 bits per heavy atom. The number of carboxylic acids is 1. The van der Waals surface area contributed by atoms with Gasteiger partial charge in [-0.15, -0.1) is 0 Å². The number of rotatable bonds is 15. The van der Waals surface area contributed by atoms with Gasteiger partial charge in [-0.2, -0.15) is 0 Å². The molecule has 3 aliphatic carbocycles. The van der Waals surface area contributed by atoms with E-state index in [1.54, 1.807) is 83.2 Å². The van der Waals surface area contributed by atoms with Crippen LogP contribution < -0.4 is 0 Å². The Bertz CT molecular complexity index is 470. The van der Waals surface area contributed by atoms with E-state index in [2.05, 4.69) is 0 Å². The van der Waals surface area contributed by atoms with E-state index in [0.717, 1.165) is 29.8 Å². The molecule has 3 heteroatoms. The number of hydrogen-bond donors (Lipinski definition) is 1. The van der Waals surface area contributed by atoms with Crippen molar-refractivity contribution in [3.63, 3.8) is 0 Å². The number of unbranched alkanes of at least 4 members (excludes halogenated alkanes) is 8. The van der Waals surface area contributed by atoms with Gasteiger partial charge in [-0.25, -0.2) is 0 Å². The second kappa shape index (κ2) is 15.8. The SMILES string of the molecule is O=C(O)CCCCCCCCCCC[P+](C1CCCCC1)(C1CCCCC1)C1CCCCC1. The van der Waals surface area contributed by atoms with Crippen molar-refractivity contribution < 1.29 is 9.90 Å². The molecule has 0 amide bonds. The molecule has 3 fully saturated rings. The number of carbonyl (C=O) groups is 1. The summed E-state index contributed by atoms with van der Waals surface area (Å²) in [5, 5.41) is 8.75. The van der Waals surface area contributed by atoms with Crippen molar-refractivity contribution in [2.24, 2.45) is 0 Å². The summed E-state index contributed by atoms with van der Waals surface area (Å²) in [5.74, 6) is -0.636. The van der Waals surface area contributed by atoms with Gasteiger partial charge in [-0.1, -0.05) is 57.8 Å². The second-order valence-electron chi connectivity index (χ2n) is 11.9. The molecule has 0 aromatic heterocycles. The van der Waals surface area contributed by atoms with Gasteiger partial charge in [-0.05, 0) is 96.3 Å². The van der Waals surface area contributed by atoms with Crippen LogP contribution in [0.5, 0.6) is 0 Å². The molecular weight excluding hydrogens is 423 g/mol. The van der Waals surface area contributed by atoms with E-state index >= 15 is 0 Å². The van der Waals surface area contributed by atoms with Crippen molar-refractivity contribution >= 4 is 13.2 Å². The molecule has 0 bridgehead atoms. The fourth-order valence-electron chi connectivity index (χ4n) is 8.03. The molecule has 3 aliphatic rings. The summed E-state index contributed by atoms with van der Waals surface area (Å²) in [6.07, 6.45) is 37.1. The third-order valence-corrected chi connectivity index (χ3v) is 16.4.